The molecule has 29 heavy (non-hydrogen) atoms. The number of hydrazine groups is 1. The zero-order chi connectivity index (χ0) is 20.9. The number of nitrogens with one attached hydrogen (secondary N) is 4. The van der Waals surface area contributed by atoms with Crippen LogP contribution < -0.4 is 21.5 Å². The normalized spacial score (nSPS) is 14.8. The van der Waals surface area contributed by atoms with E-state index < -0.39 is 23.4 Å². The van der Waals surface area contributed by atoms with Crippen molar-refractivity contribution >= 4 is 17.8 Å². The van der Waals surface area contributed by atoms with Crippen LogP contribution in [0.2, 0.25) is 0 Å². The van der Waals surface area contributed by atoms with Gasteiger partial charge in [0.15, 0.2) is 0 Å². The lowest BCUT2D eigenvalue weighted by Crippen LogP contribution is -2.61. The van der Waals surface area contributed by atoms with Crippen molar-refractivity contribution in [2.45, 2.75) is 51.6 Å². The molecule has 0 unspecified atom stereocenters. The van der Waals surface area contributed by atoms with E-state index in [9.17, 15) is 14.4 Å². The second-order valence-electron chi connectivity index (χ2n) is 7.32. The molecule has 4 amide bonds. The van der Waals surface area contributed by atoms with E-state index >= 15 is 0 Å². The summed E-state index contributed by atoms with van der Waals surface area (Å²) in [7, 11) is 0. The van der Waals surface area contributed by atoms with Gasteiger partial charge < -0.3 is 15.1 Å². The third-order valence-corrected chi connectivity index (χ3v) is 5.12. The predicted molar refractivity (Wildman–Crippen MR) is 107 cm³/mol. The number of carbonyl (C=O) groups is 3. The Hall–Kier alpha value is -3.29. The van der Waals surface area contributed by atoms with Crippen molar-refractivity contribution in [1.29, 1.82) is 0 Å². The van der Waals surface area contributed by atoms with Crippen LogP contribution >= 0.6 is 0 Å². The second kappa shape index (κ2) is 8.81. The third-order valence-electron chi connectivity index (χ3n) is 5.12. The molecule has 154 valence electrons. The molecule has 0 aliphatic heterocycles. The highest BCUT2D eigenvalue weighted by Crippen LogP contribution is 2.29. The molecule has 2 aromatic rings. The van der Waals surface area contributed by atoms with Crippen molar-refractivity contribution in [1.82, 2.24) is 21.5 Å². The van der Waals surface area contributed by atoms with E-state index in [-0.39, 0.29) is 0 Å². The van der Waals surface area contributed by atoms with Gasteiger partial charge in [0.2, 0.25) is 0 Å². The topological polar surface area (TPSA) is 112 Å². The number of carbonyl (C=O) groups excluding carboxylic acids is 3. The standard InChI is InChI=1S/C21H26N4O4/c1-14-12-17(15(2)29-14)18(26)24-25-19(27)21(10-6-7-11-21)23-20(28)22-13-16-8-4-3-5-9-16/h3-5,8-9,12H,6-7,10-11,13H2,1-2H3,(H,24,26)(H,25,27)(H2,22,23,28). The first kappa shape index (κ1) is 20.4. The molecule has 0 spiro atoms. The summed E-state index contributed by atoms with van der Waals surface area (Å²) < 4.78 is 5.34. The number of rotatable bonds is 5. The van der Waals surface area contributed by atoms with E-state index in [1.54, 1.807) is 19.9 Å². The van der Waals surface area contributed by atoms with Gasteiger partial charge in [-0.25, -0.2) is 4.79 Å². The lowest BCUT2D eigenvalue weighted by molar-refractivity contribution is -0.127. The Kier molecular flexibility index (Phi) is 6.21. The molecule has 1 heterocycles. The largest absolute Gasteiger partial charge is 0.466 e. The van der Waals surface area contributed by atoms with Crippen LogP contribution in [0.25, 0.3) is 0 Å². The van der Waals surface area contributed by atoms with E-state index in [0.717, 1.165) is 18.4 Å². The zero-order valence-electron chi connectivity index (χ0n) is 16.6. The van der Waals surface area contributed by atoms with Crippen LogP contribution in [0.4, 0.5) is 4.79 Å². The van der Waals surface area contributed by atoms with E-state index in [1.807, 2.05) is 30.3 Å². The first-order valence-electron chi connectivity index (χ1n) is 9.67. The van der Waals surface area contributed by atoms with Gasteiger partial charge in [-0.1, -0.05) is 43.2 Å². The first-order chi connectivity index (χ1) is 13.9. The maximum Gasteiger partial charge on any atom is 0.315 e. The fraction of sp³-hybridized carbons (Fsp3) is 0.381. The van der Waals surface area contributed by atoms with Gasteiger partial charge in [0.25, 0.3) is 11.8 Å². The number of hydrogen-bond donors (Lipinski definition) is 4. The number of amides is 4. The van der Waals surface area contributed by atoms with Crippen molar-refractivity contribution < 1.29 is 18.8 Å². The number of urea groups is 1. The van der Waals surface area contributed by atoms with Gasteiger partial charge in [-0.05, 0) is 38.3 Å². The minimum Gasteiger partial charge on any atom is -0.466 e. The predicted octanol–water partition coefficient (Wildman–Crippen LogP) is 2.47. The molecule has 8 nitrogen and oxygen atoms in total. The molecule has 3 rings (SSSR count). The molecular formula is C21H26N4O4. The summed E-state index contributed by atoms with van der Waals surface area (Å²) in [5.74, 6) is 0.191. The molecular weight excluding hydrogens is 372 g/mol. The lowest BCUT2D eigenvalue weighted by atomic mass is 9.97. The average Bonchev–Trinajstić information content (AvgIpc) is 3.31. The first-order valence-corrected chi connectivity index (χ1v) is 9.67. The van der Waals surface area contributed by atoms with Crippen LogP contribution in [0.5, 0.6) is 0 Å². The SMILES string of the molecule is Cc1cc(C(=O)NNC(=O)C2(NC(=O)NCc3ccccc3)CCCC2)c(C)o1. The maximum atomic E-state index is 12.8. The highest BCUT2D eigenvalue weighted by Gasteiger charge is 2.42. The van der Waals surface area contributed by atoms with Gasteiger partial charge in [-0.3, -0.25) is 20.4 Å². The average molecular weight is 398 g/mol. The van der Waals surface area contributed by atoms with Crippen molar-refractivity contribution in [2.75, 3.05) is 0 Å². The highest BCUT2D eigenvalue weighted by molar-refractivity contribution is 5.98. The Bertz CT molecular complexity index is 885. The van der Waals surface area contributed by atoms with E-state index in [4.69, 9.17) is 4.42 Å². The fourth-order valence-electron chi connectivity index (χ4n) is 3.58. The van der Waals surface area contributed by atoms with Crippen LogP contribution in [0.1, 0.15) is 53.1 Å². The summed E-state index contributed by atoms with van der Waals surface area (Å²) in [6.07, 6.45) is 2.66. The highest BCUT2D eigenvalue weighted by atomic mass is 16.3. The molecule has 8 heteroatoms. The van der Waals surface area contributed by atoms with Crippen molar-refractivity contribution in [3.05, 3.63) is 59.0 Å². The van der Waals surface area contributed by atoms with Crippen molar-refractivity contribution in [2.24, 2.45) is 0 Å². The Morgan fingerprint density at radius 3 is 2.34 bits per heavy atom. The van der Waals surface area contributed by atoms with Crippen LogP contribution in [-0.2, 0) is 11.3 Å². The van der Waals surface area contributed by atoms with Gasteiger partial charge in [-0.2, -0.15) is 0 Å². The van der Waals surface area contributed by atoms with Gasteiger partial charge in [0, 0.05) is 6.54 Å². The van der Waals surface area contributed by atoms with Gasteiger partial charge in [0.05, 0.1) is 5.56 Å². The second-order valence-corrected chi connectivity index (χ2v) is 7.32. The van der Waals surface area contributed by atoms with Gasteiger partial charge in [0.1, 0.15) is 17.1 Å². The molecule has 1 aliphatic rings. The quantitative estimate of drug-likeness (QED) is 0.580. The van der Waals surface area contributed by atoms with Crippen molar-refractivity contribution in [3.8, 4) is 0 Å². The summed E-state index contributed by atoms with van der Waals surface area (Å²) in [6, 6.07) is 10.7. The third kappa shape index (κ3) is 4.96. The minimum absolute atomic E-state index is 0.358. The van der Waals surface area contributed by atoms with E-state index in [1.165, 1.54) is 0 Å². The minimum atomic E-state index is -1.05. The van der Waals surface area contributed by atoms with Crippen LogP contribution in [-0.4, -0.2) is 23.4 Å². The van der Waals surface area contributed by atoms with Crippen molar-refractivity contribution in [3.63, 3.8) is 0 Å². The molecule has 0 atom stereocenters. The van der Waals surface area contributed by atoms with E-state index in [2.05, 4.69) is 21.5 Å². The number of aryl methyl sites for hydroxylation is 2. The molecule has 1 fully saturated rings. The van der Waals surface area contributed by atoms with Crippen LogP contribution in [0.3, 0.4) is 0 Å². The molecule has 1 aromatic heterocycles. The zero-order valence-corrected chi connectivity index (χ0v) is 16.6. The summed E-state index contributed by atoms with van der Waals surface area (Å²) in [6.45, 7) is 3.79. The summed E-state index contributed by atoms with van der Waals surface area (Å²) >= 11 is 0. The molecule has 0 bridgehead atoms. The lowest BCUT2D eigenvalue weighted by Gasteiger charge is -2.29. The van der Waals surface area contributed by atoms with Gasteiger partial charge in [-0.15, -0.1) is 0 Å². The van der Waals surface area contributed by atoms with Crippen LogP contribution in [0, 0.1) is 13.8 Å². The fourth-order valence-corrected chi connectivity index (χ4v) is 3.58. The Labute approximate surface area is 169 Å². The summed E-state index contributed by atoms with van der Waals surface area (Å²) in [5, 5.41) is 5.59. The Morgan fingerprint density at radius 1 is 1.03 bits per heavy atom. The van der Waals surface area contributed by atoms with E-state index in [0.29, 0.717) is 36.5 Å². The number of hydrogen-bond acceptors (Lipinski definition) is 4. The number of furan rings is 1. The smallest absolute Gasteiger partial charge is 0.315 e. The molecule has 0 radical (unpaired) electrons. The molecule has 1 saturated carbocycles. The number of benzene rings is 1. The van der Waals surface area contributed by atoms with Crippen LogP contribution in [0.15, 0.2) is 40.8 Å². The molecule has 4 N–H and O–H groups in total. The Morgan fingerprint density at radius 2 is 1.72 bits per heavy atom. The molecule has 1 aliphatic carbocycles. The monoisotopic (exact) mass is 398 g/mol. The molecule has 0 saturated heterocycles. The van der Waals surface area contributed by atoms with Gasteiger partial charge >= 0.3 is 6.03 Å². The summed E-state index contributed by atoms with van der Waals surface area (Å²) in [4.78, 5) is 37.5. The maximum absolute atomic E-state index is 12.8. The Balaban J connectivity index is 1.57. The summed E-state index contributed by atoms with van der Waals surface area (Å²) in [5.41, 5.74) is 5.15. The molecule has 1 aromatic carbocycles.